The Morgan fingerprint density at radius 2 is 1.83 bits per heavy atom. The molecule has 0 aromatic heterocycles. The number of nitro benzene ring substituents is 1. The summed E-state index contributed by atoms with van der Waals surface area (Å²) in [5.74, 6) is -0.102. The molecule has 0 aliphatic rings. The molecule has 2 aromatic rings. The quantitative estimate of drug-likeness (QED) is 0.615. The fourth-order valence-electron chi connectivity index (χ4n) is 1.53. The van der Waals surface area contributed by atoms with Gasteiger partial charge in [-0.15, -0.1) is 0 Å². The average molecular weight is 247 g/mol. The molecule has 4 nitrogen and oxygen atoms in total. The summed E-state index contributed by atoms with van der Waals surface area (Å²) < 4.78 is 18.8. The van der Waals surface area contributed by atoms with Gasteiger partial charge in [0.2, 0.25) is 0 Å². The minimum atomic E-state index is -0.639. The van der Waals surface area contributed by atoms with Gasteiger partial charge in [-0.05, 0) is 18.2 Å². The Morgan fingerprint density at radius 3 is 2.50 bits per heavy atom. The van der Waals surface area contributed by atoms with Gasteiger partial charge in [0.25, 0.3) is 5.69 Å². The molecule has 0 fully saturated rings. The van der Waals surface area contributed by atoms with Crippen LogP contribution in [-0.2, 0) is 6.61 Å². The smallest absolute Gasteiger partial charge is 0.278 e. The highest BCUT2D eigenvalue weighted by atomic mass is 19.1. The third-order valence-electron chi connectivity index (χ3n) is 2.42. The molecule has 0 N–H and O–H groups in total. The molecular weight excluding hydrogens is 237 g/mol. The van der Waals surface area contributed by atoms with Crippen LogP contribution in [0.25, 0.3) is 0 Å². The zero-order valence-electron chi connectivity index (χ0n) is 9.38. The Morgan fingerprint density at radius 1 is 1.11 bits per heavy atom. The molecule has 0 spiro atoms. The maximum absolute atomic E-state index is 13.5. The molecule has 0 atom stereocenters. The zero-order valence-corrected chi connectivity index (χ0v) is 9.38. The first kappa shape index (κ1) is 12.0. The Kier molecular flexibility index (Phi) is 3.52. The van der Waals surface area contributed by atoms with Gasteiger partial charge in [0.05, 0.1) is 4.92 Å². The number of hydrogen-bond donors (Lipinski definition) is 0. The molecule has 0 saturated carbocycles. The predicted octanol–water partition coefficient (Wildman–Crippen LogP) is 3.31. The van der Waals surface area contributed by atoms with Crippen LogP contribution < -0.4 is 4.74 Å². The lowest BCUT2D eigenvalue weighted by atomic mass is 10.2. The summed E-state index contributed by atoms with van der Waals surface area (Å²) in [7, 11) is 0. The number of ether oxygens (including phenoxy) is 1. The van der Waals surface area contributed by atoms with Gasteiger partial charge >= 0.3 is 0 Å². The van der Waals surface area contributed by atoms with Crippen LogP contribution in [0, 0.1) is 15.9 Å². The number of benzene rings is 2. The van der Waals surface area contributed by atoms with E-state index in [0.29, 0.717) is 5.75 Å². The first-order valence-electron chi connectivity index (χ1n) is 5.28. The van der Waals surface area contributed by atoms with E-state index in [9.17, 15) is 14.5 Å². The van der Waals surface area contributed by atoms with Crippen LogP contribution in [0.15, 0.2) is 48.5 Å². The highest BCUT2D eigenvalue weighted by Gasteiger charge is 2.17. The van der Waals surface area contributed by atoms with Crippen molar-refractivity contribution in [1.82, 2.24) is 0 Å². The highest BCUT2D eigenvalue weighted by molar-refractivity contribution is 5.40. The number of hydrogen-bond acceptors (Lipinski definition) is 3. The fraction of sp³-hybridized carbons (Fsp3) is 0.0769. The van der Waals surface area contributed by atoms with E-state index in [1.165, 1.54) is 18.2 Å². The summed E-state index contributed by atoms with van der Waals surface area (Å²) in [6.45, 7) is -0.174. The second kappa shape index (κ2) is 5.27. The van der Waals surface area contributed by atoms with Gasteiger partial charge in [0.1, 0.15) is 23.7 Å². The van der Waals surface area contributed by atoms with Gasteiger partial charge in [-0.25, -0.2) is 4.39 Å². The van der Waals surface area contributed by atoms with Crippen molar-refractivity contribution in [3.8, 4) is 5.75 Å². The van der Waals surface area contributed by atoms with Gasteiger partial charge < -0.3 is 4.74 Å². The number of halogens is 1. The summed E-state index contributed by atoms with van der Waals surface area (Å²) >= 11 is 0. The Bertz CT molecular complexity index is 557. The summed E-state index contributed by atoms with van der Waals surface area (Å²) in [5.41, 5.74) is -0.322. The van der Waals surface area contributed by atoms with Gasteiger partial charge in [-0.1, -0.05) is 24.3 Å². The number of para-hydroxylation sites is 1. The van der Waals surface area contributed by atoms with Crippen LogP contribution in [0.1, 0.15) is 5.56 Å². The van der Waals surface area contributed by atoms with E-state index in [1.807, 2.05) is 6.07 Å². The van der Waals surface area contributed by atoms with Crippen molar-refractivity contribution < 1.29 is 14.1 Å². The number of nitrogens with zero attached hydrogens (tertiary/aromatic N) is 1. The molecule has 92 valence electrons. The molecule has 0 heterocycles. The van der Waals surface area contributed by atoms with Crippen molar-refractivity contribution in [1.29, 1.82) is 0 Å². The monoisotopic (exact) mass is 247 g/mol. The minimum Gasteiger partial charge on any atom is -0.489 e. The van der Waals surface area contributed by atoms with Crippen LogP contribution in [0.5, 0.6) is 5.75 Å². The Balaban J connectivity index is 2.21. The van der Waals surface area contributed by atoms with E-state index in [-0.39, 0.29) is 17.9 Å². The molecular formula is C13H10FNO3. The lowest BCUT2D eigenvalue weighted by Gasteiger charge is -2.07. The predicted molar refractivity (Wildman–Crippen MR) is 63.8 cm³/mol. The second-order valence-electron chi connectivity index (χ2n) is 3.60. The normalized spacial score (nSPS) is 10.1. The van der Waals surface area contributed by atoms with Crippen molar-refractivity contribution >= 4 is 5.69 Å². The van der Waals surface area contributed by atoms with Crippen molar-refractivity contribution in [2.24, 2.45) is 0 Å². The minimum absolute atomic E-state index is 0.0497. The molecule has 18 heavy (non-hydrogen) atoms. The lowest BCUT2D eigenvalue weighted by molar-refractivity contribution is -0.386. The molecule has 2 rings (SSSR count). The van der Waals surface area contributed by atoms with Crippen LogP contribution in [0.2, 0.25) is 0 Å². The molecule has 0 radical (unpaired) electrons. The largest absolute Gasteiger partial charge is 0.489 e. The van der Waals surface area contributed by atoms with E-state index < -0.39 is 10.7 Å². The van der Waals surface area contributed by atoms with E-state index in [4.69, 9.17) is 4.74 Å². The number of rotatable bonds is 4. The van der Waals surface area contributed by atoms with Crippen molar-refractivity contribution in [2.75, 3.05) is 0 Å². The molecule has 0 unspecified atom stereocenters. The maximum atomic E-state index is 13.5. The topological polar surface area (TPSA) is 52.4 Å². The number of nitro groups is 1. The van der Waals surface area contributed by atoms with E-state index in [0.717, 1.165) is 0 Å². The van der Waals surface area contributed by atoms with E-state index in [2.05, 4.69) is 0 Å². The second-order valence-corrected chi connectivity index (χ2v) is 3.60. The summed E-state index contributed by atoms with van der Waals surface area (Å²) in [4.78, 5) is 10.2. The van der Waals surface area contributed by atoms with Crippen molar-refractivity contribution in [3.05, 3.63) is 70.0 Å². The van der Waals surface area contributed by atoms with E-state index in [1.54, 1.807) is 24.3 Å². The van der Waals surface area contributed by atoms with Gasteiger partial charge in [0.15, 0.2) is 0 Å². The maximum Gasteiger partial charge on any atom is 0.278 e. The van der Waals surface area contributed by atoms with Crippen LogP contribution in [0.3, 0.4) is 0 Å². The van der Waals surface area contributed by atoms with Crippen LogP contribution in [0.4, 0.5) is 10.1 Å². The standard InChI is InChI=1S/C13H10FNO3/c14-12-7-4-8-13(15(16)17)11(12)9-18-10-5-2-1-3-6-10/h1-8H,9H2. The fourth-order valence-corrected chi connectivity index (χ4v) is 1.53. The summed E-state index contributed by atoms with van der Waals surface area (Å²) in [5, 5.41) is 10.8. The highest BCUT2D eigenvalue weighted by Crippen LogP contribution is 2.23. The molecule has 5 heteroatoms. The van der Waals surface area contributed by atoms with Crippen LogP contribution in [-0.4, -0.2) is 4.92 Å². The van der Waals surface area contributed by atoms with Crippen molar-refractivity contribution in [3.63, 3.8) is 0 Å². The Hall–Kier alpha value is -2.43. The molecule has 0 aliphatic carbocycles. The lowest BCUT2D eigenvalue weighted by Crippen LogP contribution is -2.03. The third kappa shape index (κ3) is 2.63. The average Bonchev–Trinajstić information content (AvgIpc) is 2.38. The van der Waals surface area contributed by atoms with Gasteiger partial charge in [-0.3, -0.25) is 10.1 Å². The van der Waals surface area contributed by atoms with E-state index >= 15 is 0 Å². The molecule has 0 amide bonds. The molecule has 2 aromatic carbocycles. The first-order valence-corrected chi connectivity index (χ1v) is 5.28. The third-order valence-corrected chi connectivity index (χ3v) is 2.42. The molecule has 0 saturated heterocycles. The van der Waals surface area contributed by atoms with Gasteiger partial charge in [-0.2, -0.15) is 0 Å². The SMILES string of the molecule is O=[N+]([O-])c1cccc(F)c1COc1ccccc1. The Labute approximate surface area is 103 Å². The molecule has 0 aliphatic heterocycles. The summed E-state index contributed by atoms with van der Waals surface area (Å²) in [6, 6.07) is 12.5. The summed E-state index contributed by atoms with van der Waals surface area (Å²) in [6.07, 6.45) is 0. The van der Waals surface area contributed by atoms with Crippen molar-refractivity contribution in [2.45, 2.75) is 6.61 Å². The zero-order chi connectivity index (χ0) is 13.0. The van der Waals surface area contributed by atoms with Gasteiger partial charge in [0, 0.05) is 6.07 Å². The molecule has 0 bridgehead atoms. The first-order chi connectivity index (χ1) is 8.68. The van der Waals surface area contributed by atoms with Crippen LogP contribution >= 0.6 is 0 Å².